The van der Waals surface area contributed by atoms with Crippen LogP contribution in [0.2, 0.25) is 5.02 Å². The van der Waals surface area contributed by atoms with E-state index in [9.17, 15) is 18.0 Å². The minimum absolute atomic E-state index is 0.0899. The first-order valence-corrected chi connectivity index (χ1v) is 11.5. The maximum absolute atomic E-state index is 12.3. The number of amides is 2. The number of benzene rings is 2. The van der Waals surface area contributed by atoms with E-state index in [0.29, 0.717) is 29.3 Å². The first-order valence-electron chi connectivity index (χ1n) is 9.32. The average molecular weight is 453 g/mol. The Morgan fingerprint density at radius 3 is 2.50 bits per heavy atom. The van der Waals surface area contributed by atoms with Crippen molar-refractivity contribution in [1.29, 1.82) is 0 Å². The van der Waals surface area contributed by atoms with E-state index in [4.69, 9.17) is 16.3 Å². The Kier molecular flexibility index (Phi) is 8.68. The lowest BCUT2D eigenvalue weighted by atomic mass is 10.1. The van der Waals surface area contributed by atoms with E-state index >= 15 is 0 Å². The molecule has 0 aliphatic carbocycles. The molecule has 0 spiro atoms. The Labute approximate surface area is 181 Å². The van der Waals surface area contributed by atoms with Crippen LogP contribution >= 0.6 is 11.6 Å². The van der Waals surface area contributed by atoms with E-state index in [-0.39, 0.29) is 12.3 Å². The van der Waals surface area contributed by atoms with Crippen molar-refractivity contribution < 1.29 is 22.7 Å². The summed E-state index contributed by atoms with van der Waals surface area (Å²) < 4.78 is 29.7. The third-order valence-electron chi connectivity index (χ3n) is 4.35. The van der Waals surface area contributed by atoms with Crippen LogP contribution in [-0.4, -0.2) is 57.3 Å². The zero-order chi connectivity index (χ0) is 22.1. The molecule has 2 rings (SSSR count). The summed E-state index contributed by atoms with van der Waals surface area (Å²) >= 11 is 5.93. The third-order valence-corrected chi connectivity index (χ3v) is 6.18. The molecule has 0 saturated heterocycles. The topological polar surface area (TPSA) is 92.8 Å². The smallest absolute Gasteiger partial charge is 0.244 e. The summed E-state index contributed by atoms with van der Waals surface area (Å²) in [4.78, 5) is 25.6. The first-order chi connectivity index (χ1) is 14.2. The zero-order valence-corrected chi connectivity index (χ0v) is 18.5. The van der Waals surface area contributed by atoms with Crippen LogP contribution in [0.4, 0.5) is 5.69 Å². The summed E-state index contributed by atoms with van der Waals surface area (Å²) in [5.74, 6) is -1.43. The van der Waals surface area contributed by atoms with Gasteiger partial charge in [0.25, 0.3) is 0 Å². The second kappa shape index (κ2) is 11.0. The van der Waals surface area contributed by atoms with Crippen LogP contribution in [-0.2, 0) is 25.8 Å². The van der Waals surface area contributed by atoms with Crippen molar-refractivity contribution in [2.75, 3.05) is 37.5 Å². The molecule has 0 atom stereocenters. The number of ether oxygens (including phenoxy) is 1. The largest absolute Gasteiger partial charge is 0.495 e. The van der Waals surface area contributed by atoms with Gasteiger partial charge in [0.1, 0.15) is 11.5 Å². The number of methoxy groups -OCH3 is 1. The quantitative estimate of drug-likeness (QED) is 0.598. The van der Waals surface area contributed by atoms with Gasteiger partial charge in [-0.3, -0.25) is 9.59 Å². The molecule has 0 saturated carbocycles. The van der Waals surface area contributed by atoms with Gasteiger partial charge in [0.2, 0.25) is 11.8 Å². The molecule has 30 heavy (non-hydrogen) atoms. The number of halogens is 1. The van der Waals surface area contributed by atoms with E-state index in [1.165, 1.54) is 20.2 Å². The average Bonchev–Trinajstić information content (AvgIpc) is 2.68. The highest BCUT2D eigenvalue weighted by Gasteiger charge is 2.21. The second-order valence-electron chi connectivity index (χ2n) is 6.82. The Hall–Kier alpha value is -2.58. The van der Waals surface area contributed by atoms with Crippen LogP contribution < -0.4 is 10.1 Å². The number of carbonyl (C=O) groups is 2. The predicted molar refractivity (Wildman–Crippen MR) is 118 cm³/mol. The highest BCUT2D eigenvalue weighted by molar-refractivity contribution is 7.92. The molecule has 2 amide bonds. The van der Waals surface area contributed by atoms with Crippen LogP contribution in [0, 0.1) is 0 Å². The van der Waals surface area contributed by atoms with Crippen LogP contribution in [0.3, 0.4) is 0 Å². The van der Waals surface area contributed by atoms with Crippen molar-refractivity contribution in [2.24, 2.45) is 0 Å². The molecule has 0 unspecified atom stereocenters. The van der Waals surface area contributed by atoms with Crippen molar-refractivity contribution in [3.63, 3.8) is 0 Å². The van der Waals surface area contributed by atoms with E-state index in [1.54, 1.807) is 12.1 Å². The molecule has 1 N–H and O–H groups in total. The molecule has 162 valence electrons. The highest BCUT2D eigenvalue weighted by Crippen LogP contribution is 2.27. The van der Waals surface area contributed by atoms with Crippen molar-refractivity contribution in [3.05, 3.63) is 59.1 Å². The first kappa shape index (κ1) is 23.7. The van der Waals surface area contributed by atoms with E-state index in [0.717, 1.165) is 10.5 Å². The molecule has 0 aromatic heterocycles. The predicted octanol–water partition coefficient (Wildman–Crippen LogP) is 2.79. The molecule has 0 heterocycles. The Morgan fingerprint density at radius 1 is 1.13 bits per heavy atom. The van der Waals surface area contributed by atoms with Gasteiger partial charge in [0.15, 0.2) is 9.84 Å². The van der Waals surface area contributed by atoms with Crippen molar-refractivity contribution >= 4 is 38.9 Å². The minimum atomic E-state index is -3.57. The lowest BCUT2D eigenvalue weighted by molar-refractivity contribution is -0.131. The zero-order valence-electron chi connectivity index (χ0n) is 16.9. The maximum Gasteiger partial charge on any atom is 0.244 e. The lowest BCUT2D eigenvalue weighted by Crippen LogP contribution is -2.38. The van der Waals surface area contributed by atoms with Gasteiger partial charge >= 0.3 is 0 Å². The summed E-state index contributed by atoms with van der Waals surface area (Å²) in [5.41, 5.74) is 1.41. The molecule has 0 aliphatic rings. The number of hydrogen-bond acceptors (Lipinski definition) is 5. The van der Waals surface area contributed by atoms with Crippen molar-refractivity contribution in [1.82, 2.24) is 4.90 Å². The third kappa shape index (κ3) is 7.68. The molecule has 2 aromatic carbocycles. The lowest BCUT2D eigenvalue weighted by Gasteiger charge is -2.17. The van der Waals surface area contributed by atoms with Crippen LogP contribution in [0.15, 0.2) is 48.5 Å². The van der Waals surface area contributed by atoms with Gasteiger partial charge in [-0.15, -0.1) is 0 Å². The van der Waals surface area contributed by atoms with E-state index in [2.05, 4.69) is 5.32 Å². The van der Waals surface area contributed by atoms with Gasteiger partial charge in [-0.05, 0) is 36.6 Å². The number of nitrogens with one attached hydrogen (secondary N) is 1. The molecule has 2 aromatic rings. The number of likely N-dealkylation sites (N-methyl/N-ethyl adjacent to an activating group) is 1. The summed E-state index contributed by atoms with van der Waals surface area (Å²) in [6.45, 7) is -0.298. The summed E-state index contributed by atoms with van der Waals surface area (Å²) in [6.07, 6.45) is 1.05. The van der Waals surface area contributed by atoms with Crippen LogP contribution in [0.5, 0.6) is 5.75 Å². The molecule has 0 fully saturated rings. The monoisotopic (exact) mass is 452 g/mol. The molecular weight excluding hydrogens is 428 g/mol. The Bertz CT molecular complexity index is 980. The van der Waals surface area contributed by atoms with Gasteiger partial charge in [0, 0.05) is 12.1 Å². The van der Waals surface area contributed by atoms with Gasteiger partial charge in [-0.1, -0.05) is 41.9 Å². The van der Waals surface area contributed by atoms with Gasteiger partial charge in [0.05, 0.1) is 25.1 Å². The molecular formula is C21H25ClN2O5S. The van der Waals surface area contributed by atoms with Crippen molar-refractivity contribution in [2.45, 2.75) is 12.8 Å². The normalized spacial score (nSPS) is 11.0. The summed E-state index contributed by atoms with van der Waals surface area (Å²) in [7, 11) is -0.726. The fourth-order valence-corrected chi connectivity index (χ4v) is 4.28. The number of anilines is 1. The fourth-order valence-electron chi connectivity index (χ4n) is 2.78. The standard InChI is InChI=1S/C21H25ClN2O5S/c1-24(14-20(25)23-18-13-17(22)10-11-19(18)29-2)21(26)15-30(27,28)12-6-9-16-7-4-3-5-8-16/h3-5,7-8,10-11,13H,6,9,12,14-15H2,1-2H3,(H,23,25). The van der Waals surface area contributed by atoms with Gasteiger partial charge in [-0.25, -0.2) is 8.42 Å². The summed E-state index contributed by atoms with van der Waals surface area (Å²) in [6, 6.07) is 14.3. The fraction of sp³-hybridized carbons (Fsp3) is 0.333. The minimum Gasteiger partial charge on any atom is -0.495 e. The van der Waals surface area contributed by atoms with Gasteiger partial charge < -0.3 is 15.0 Å². The van der Waals surface area contributed by atoms with Crippen molar-refractivity contribution in [3.8, 4) is 5.75 Å². The molecule has 0 aliphatic heterocycles. The SMILES string of the molecule is COc1ccc(Cl)cc1NC(=O)CN(C)C(=O)CS(=O)(=O)CCCc1ccccc1. The Morgan fingerprint density at radius 2 is 1.83 bits per heavy atom. The Balaban J connectivity index is 1.84. The number of hydrogen-bond donors (Lipinski definition) is 1. The van der Waals surface area contributed by atoms with Gasteiger partial charge in [-0.2, -0.15) is 0 Å². The number of carbonyl (C=O) groups excluding carboxylic acids is 2. The number of aryl methyl sites for hydroxylation is 1. The van der Waals surface area contributed by atoms with Crippen LogP contribution in [0.1, 0.15) is 12.0 Å². The molecule has 0 radical (unpaired) electrons. The second-order valence-corrected chi connectivity index (χ2v) is 9.44. The summed E-state index contributed by atoms with van der Waals surface area (Å²) in [5, 5.41) is 3.03. The number of rotatable bonds is 10. The molecule has 9 heteroatoms. The highest BCUT2D eigenvalue weighted by atomic mass is 35.5. The maximum atomic E-state index is 12.3. The van der Waals surface area contributed by atoms with E-state index < -0.39 is 27.4 Å². The van der Waals surface area contributed by atoms with E-state index in [1.807, 2.05) is 30.3 Å². The molecule has 7 nitrogen and oxygen atoms in total. The van der Waals surface area contributed by atoms with Crippen LogP contribution in [0.25, 0.3) is 0 Å². The molecule has 0 bridgehead atoms. The number of nitrogens with zero attached hydrogens (tertiary/aromatic N) is 1. The number of sulfone groups is 1.